The first-order chi connectivity index (χ1) is 63.4. The molecule has 8 nitrogen and oxygen atoms in total. The van der Waals surface area contributed by atoms with E-state index < -0.39 is 0 Å². The number of aromatic nitrogens is 8. The molecule has 0 unspecified atom stereocenters. The summed E-state index contributed by atoms with van der Waals surface area (Å²) in [6.07, 6.45) is 102. The number of nitrogens with zero attached hydrogens (tertiary/aromatic N) is 6. The van der Waals surface area contributed by atoms with Crippen molar-refractivity contribution >= 4 is 44.1 Å². The fraction of sp³-hybridized carbons (Fsp3) is 0.733. The molecule has 4 aromatic carbocycles. The number of rotatable bonds is 80. The van der Waals surface area contributed by atoms with E-state index in [0.29, 0.717) is 0 Å². The fourth-order valence-electron chi connectivity index (χ4n) is 21.5. The van der Waals surface area contributed by atoms with E-state index >= 15 is 0 Å². The van der Waals surface area contributed by atoms with Gasteiger partial charge in [-0.15, -0.1) is 0 Å². The highest BCUT2D eigenvalue weighted by Crippen LogP contribution is 2.46. The van der Waals surface area contributed by atoms with Gasteiger partial charge in [-0.3, -0.25) is 0 Å². The molecule has 714 valence electrons. The van der Waals surface area contributed by atoms with Gasteiger partial charge >= 0.3 is 0 Å². The minimum absolute atomic E-state index is 0.823. The molecule has 0 fully saturated rings. The fourth-order valence-corrected chi connectivity index (χ4v) is 21.5. The van der Waals surface area contributed by atoms with Crippen LogP contribution in [0.25, 0.3) is 89.7 Å². The van der Waals surface area contributed by atoms with Crippen LogP contribution in [0.4, 0.5) is 0 Å². The van der Waals surface area contributed by atoms with Gasteiger partial charge in [-0.25, -0.2) is 29.9 Å². The molecule has 3 aromatic heterocycles. The van der Waals surface area contributed by atoms with Crippen molar-refractivity contribution in [1.29, 1.82) is 0 Å². The van der Waals surface area contributed by atoms with Crippen LogP contribution in [0.1, 0.15) is 562 Å². The minimum Gasteiger partial charge on any atom is -0.324 e. The zero-order valence-corrected chi connectivity index (χ0v) is 84.9. The van der Waals surface area contributed by atoms with Crippen LogP contribution in [0.2, 0.25) is 0 Å². The van der Waals surface area contributed by atoms with Crippen LogP contribution in [0.5, 0.6) is 0 Å². The lowest BCUT2D eigenvalue weighted by atomic mass is 9.90. The quantitative estimate of drug-likeness (QED) is 0.0368. The molecule has 0 atom stereocenters. The molecule has 9 rings (SSSR count). The third-order valence-corrected chi connectivity index (χ3v) is 29.5. The van der Waals surface area contributed by atoms with E-state index in [0.717, 1.165) is 149 Å². The molecule has 8 bridgehead atoms. The Bertz CT molecular complexity index is 3730. The zero-order chi connectivity index (χ0) is 89.7. The standard InChI is InChI=1S/C120H194N8/c1-9-17-25-33-41-49-57-65-73-81-97-89-90-98(82-74-66-58-50-42-34-26-18-10-2)106-105(97)113-121-114(106)126-116-109-101(85-77-69-61-53-45-37-29-21-13-5)93-94-102(86-78-70-62-54-46-38-30-22-14-6)110(109)118(123-116)128-120-112-104(88-80-72-64-56-48-40-32-24-16-8)96-95-103(87-79-71-63-55-47-39-31-23-15-7)111(112)119(124-120)127-117-108-100(84-76-68-60-52-44-36-28-20-12-4)92-91-99(107(108)115(122-117)125-113)83-75-67-59-51-43-35-27-19-11-3/h89-96H,9-88H2,1-8H3,(H2,121,122,123,124,125,126,127,128). The Morgan fingerprint density at radius 1 is 0.141 bits per heavy atom. The molecular formula is C120H194N8. The van der Waals surface area contributed by atoms with Crippen LogP contribution in [-0.2, 0) is 51.4 Å². The van der Waals surface area contributed by atoms with Crippen LogP contribution in [-0.4, -0.2) is 39.9 Å². The van der Waals surface area contributed by atoms with Gasteiger partial charge in [-0.05, 0) is 147 Å². The van der Waals surface area contributed by atoms with Crippen molar-refractivity contribution < 1.29 is 0 Å². The predicted molar refractivity (Wildman–Crippen MR) is 564 cm³/mol. The van der Waals surface area contributed by atoms with Crippen LogP contribution in [0.3, 0.4) is 0 Å². The number of aromatic amines is 2. The van der Waals surface area contributed by atoms with Crippen molar-refractivity contribution in [2.24, 2.45) is 0 Å². The van der Waals surface area contributed by atoms with Gasteiger partial charge in [0.15, 0.2) is 23.3 Å². The molecular weight excluding hydrogens is 1550 g/mol. The van der Waals surface area contributed by atoms with E-state index in [4.69, 9.17) is 29.9 Å². The third kappa shape index (κ3) is 37.2. The summed E-state index contributed by atoms with van der Waals surface area (Å²) >= 11 is 0. The Balaban J connectivity index is 1.35. The Labute approximate surface area is 786 Å². The first kappa shape index (κ1) is 106. The number of aryl methyl sites for hydroxylation is 8. The van der Waals surface area contributed by atoms with Gasteiger partial charge in [-0.1, -0.05) is 515 Å². The predicted octanol–water partition coefficient (Wildman–Crippen LogP) is 39.5. The van der Waals surface area contributed by atoms with E-state index in [2.05, 4.69) is 114 Å². The van der Waals surface area contributed by atoms with Crippen molar-refractivity contribution in [3.8, 4) is 45.6 Å². The Hall–Kier alpha value is -5.76. The maximum absolute atomic E-state index is 6.29. The lowest BCUT2D eigenvalue weighted by Gasteiger charge is -2.14. The molecule has 0 amide bonds. The van der Waals surface area contributed by atoms with Crippen molar-refractivity contribution in [3.63, 3.8) is 0 Å². The van der Waals surface area contributed by atoms with Crippen molar-refractivity contribution in [3.05, 3.63) is 93.0 Å². The maximum atomic E-state index is 6.29. The van der Waals surface area contributed by atoms with E-state index in [9.17, 15) is 0 Å². The number of benzene rings is 4. The molecule has 5 heterocycles. The minimum atomic E-state index is 0.823. The summed E-state index contributed by atoms with van der Waals surface area (Å²) < 4.78 is 0. The first-order valence-electron chi connectivity index (χ1n) is 56.8. The van der Waals surface area contributed by atoms with Gasteiger partial charge in [0.2, 0.25) is 0 Å². The van der Waals surface area contributed by atoms with Gasteiger partial charge < -0.3 is 9.97 Å². The van der Waals surface area contributed by atoms with Gasteiger partial charge in [0.05, 0.1) is 0 Å². The molecule has 0 radical (unpaired) electrons. The van der Waals surface area contributed by atoms with Crippen LogP contribution in [0, 0.1) is 0 Å². The van der Waals surface area contributed by atoms with Gasteiger partial charge in [0.1, 0.15) is 22.6 Å². The zero-order valence-electron chi connectivity index (χ0n) is 84.9. The summed E-state index contributed by atoms with van der Waals surface area (Å²) in [6.45, 7) is 18.7. The SMILES string of the molecule is CCCCCCCCCCCc1ccc(CCCCCCCCCCC)c2c1-c1nc-2nc2[nH]c(nc3nc(nc4[nH]c(n1)c1c(CCCCCCCCCCC)ccc(CCCCCCCCCCC)c41)-c1c(CCCCCCCCCCC)ccc(CCCCCCCCCCC)c1-3)c1c(CCCCCCCCCCC)ccc(CCCCCCCCCCC)c21. The van der Waals surface area contributed by atoms with Crippen LogP contribution < -0.4 is 0 Å². The number of fused-ring (bicyclic) bond motifs is 20. The monoisotopic (exact) mass is 1750 g/mol. The molecule has 128 heavy (non-hydrogen) atoms. The lowest BCUT2D eigenvalue weighted by Crippen LogP contribution is -1.98. The summed E-state index contributed by atoms with van der Waals surface area (Å²) in [5.41, 5.74) is 19.6. The molecule has 0 aliphatic carbocycles. The van der Waals surface area contributed by atoms with Crippen LogP contribution in [0.15, 0.2) is 48.5 Å². The Kier molecular flexibility index (Phi) is 55.1. The highest BCUT2D eigenvalue weighted by Gasteiger charge is 2.31. The Morgan fingerprint density at radius 3 is 0.398 bits per heavy atom. The summed E-state index contributed by atoms with van der Waals surface area (Å²) in [4.78, 5) is 45.9. The second-order valence-corrected chi connectivity index (χ2v) is 40.8. The average Bonchev–Trinajstić information content (AvgIpc) is 1.57. The number of H-pyrrole nitrogens is 2. The topological polar surface area (TPSA) is 109 Å². The molecule has 2 aliphatic rings. The second-order valence-electron chi connectivity index (χ2n) is 40.8. The average molecular weight is 1750 g/mol. The summed E-state index contributed by atoms with van der Waals surface area (Å²) in [7, 11) is 0. The highest BCUT2D eigenvalue weighted by molar-refractivity contribution is 6.10. The first-order valence-corrected chi connectivity index (χ1v) is 56.8. The highest BCUT2D eigenvalue weighted by atomic mass is 15.1. The third-order valence-electron chi connectivity index (χ3n) is 29.5. The van der Waals surface area contributed by atoms with Gasteiger partial charge in [0.25, 0.3) is 0 Å². The van der Waals surface area contributed by atoms with E-state index in [1.54, 1.807) is 0 Å². The number of unbranched alkanes of at least 4 members (excludes halogenated alkanes) is 64. The van der Waals surface area contributed by atoms with Crippen molar-refractivity contribution in [2.45, 2.75) is 569 Å². The van der Waals surface area contributed by atoms with Gasteiger partial charge in [-0.2, -0.15) is 0 Å². The largest absolute Gasteiger partial charge is 0.324 e. The molecule has 0 saturated heterocycles. The number of nitrogens with one attached hydrogen (secondary N) is 2. The summed E-state index contributed by atoms with van der Waals surface area (Å²) in [6, 6.07) is 20.3. The Morgan fingerprint density at radius 2 is 0.258 bits per heavy atom. The molecule has 0 saturated carbocycles. The normalized spacial score (nSPS) is 12.1. The van der Waals surface area contributed by atoms with E-state index in [1.807, 2.05) is 0 Å². The van der Waals surface area contributed by atoms with E-state index in [1.165, 1.54) is 499 Å². The molecule has 2 aliphatic heterocycles. The van der Waals surface area contributed by atoms with Crippen LogP contribution >= 0.6 is 0 Å². The second kappa shape index (κ2) is 66.6. The van der Waals surface area contributed by atoms with Crippen molar-refractivity contribution in [2.75, 3.05) is 0 Å². The molecule has 8 heteroatoms. The number of hydrogen-bond donors (Lipinski definition) is 2. The molecule has 2 N–H and O–H groups in total. The maximum Gasteiger partial charge on any atom is 0.165 e. The molecule has 0 spiro atoms. The van der Waals surface area contributed by atoms with Gasteiger partial charge in [0, 0.05) is 43.8 Å². The number of hydrogen-bond acceptors (Lipinski definition) is 6. The molecule has 7 aromatic rings. The van der Waals surface area contributed by atoms with Crippen molar-refractivity contribution in [1.82, 2.24) is 39.9 Å². The summed E-state index contributed by atoms with van der Waals surface area (Å²) in [5, 5.41) is 5.01. The lowest BCUT2D eigenvalue weighted by molar-refractivity contribution is 0.564. The summed E-state index contributed by atoms with van der Waals surface area (Å²) in [5.74, 6) is 3.29. The smallest absolute Gasteiger partial charge is 0.165 e. The van der Waals surface area contributed by atoms with E-state index in [-0.39, 0.29) is 0 Å².